The second-order valence-corrected chi connectivity index (χ2v) is 4.56. The van der Waals surface area contributed by atoms with Crippen LogP contribution in [0.3, 0.4) is 0 Å². The SMILES string of the molecule is CCC(CC#N)C(=O)C1CCCCCC1. The van der Waals surface area contributed by atoms with Crippen LogP contribution in [0, 0.1) is 23.2 Å². The molecule has 0 amide bonds. The Balaban J connectivity index is 2.52. The number of hydrogen-bond donors (Lipinski definition) is 0. The zero-order valence-electron chi connectivity index (χ0n) is 9.67. The third kappa shape index (κ3) is 3.66. The normalized spacial score (nSPS) is 20.3. The van der Waals surface area contributed by atoms with Gasteiger partial charge in [-0.2, -0.15) is 5.26 Å². The van der Waals surface area contributed by atoms with Gasteiger partial charge in [-0.1, -0.05) is 32.6 Å². The first-order valence-corrected chi connectivity index (χ1v) is 6.20. The first kappa shape index (κ1) is 12.2. The van der Waals surface area contributed by atoms with Gasteiger partial charge in [-0.3, -0.25) is 4.79 Å². The zero-order chi connectivity index (χ0) is 11.1. The molecule has 2 nitrogen and oxygen atoms in total. The molecule has 1 rings (SSSR count). The maximum Gasteiger partial charge on any atom is 0.140 e. The van der Waals surface area contributed by atoms with Crippen LogP contribution < -0.4 is 0 Å². The largest absolute Gasteiger partial charge is 0.299 e. The Labute approximate surface area is 92.7 Å². The average Bonchev–Trinajstić information content (AvgIpc) is 2.53. The van der Waals surface area contributed by atoms with E-state index in [-0.39, 0.29) is 11.8 Å². The molecule has 1 aliphatic rings. The maximum absolute atomic E-state index is 12.1. The molecule has 0 spiro atoms. The van der Waals surface area contributed by atoms with Crippen LogP contribution in [0.1, 0.15) is 58.3 Å². The van der Waals surface area contributed by atoms with Gasteiger partial charge in [0.15, 0.2) is 0 Å². The molecule has 0 radical (unpaired) electrons. The Morgan fingerprint density at radius 2 is 1.93 bits per heavy atom. The van der Waals surface area contributed by atoms with E-state index in [1.165, 1.54) is 25.7 Å². The van der Waals surface area contributed by atoms with Crippen molar-refractivity contribution in [3.05, 3.63) is 0 Å². The lowest BCUT2D eigenvalue weighted by Gasteiger charge is -2.18. The van der Waals surface area contributed by atoms with Crippen LogP contribution in [-0.4, -0.2) is 5.78 Å². The minimum Gasteiger partial charge on any atom is -0.299 e. The summed E-state index contributed by atoms with van der Waals surface area (Å²) in [6, 6.07) is 2.13. The van der Waals surface area contributed by atoms with E-state index in [0.717, 1.165) is 19.3 Å². The molecule has 1 fully saturated rings. The molecule has 1 atom stereocenters. The van der Waals surface area contributed by atoms with Crippen LogP contribution in [0.4, 0.5) is 0 Å². The van der Waals surface area contributed by atoms with Crippen molar-refractivity contribution in [1.29, 1.82) is 5.26 Å². The standard InChI is InChI=1S/C13H21NO/c1-2-11(9-10-14)13(15)12-7-5-3-4-6-8-12/h11-12H,2-9H2,1H3. The van der Waals surface area contributed by atoms with Gasteiger partial charge in [-0.05, 0) is 19.3 Å². The van der Waals surface area contributed by atoms with E-state index in [0.29, 0.717) is 12.2 Å². The molecule has 2 heteroatoms. The summed E-state index contributed by atoms with van der Waals surface area (Å²) in [6.07, 6.45) is 8.28. The maximum atomic E-state index is 12.1. The molecule has 1 unspecified atom stereocenters. The summed E-state index contributed by atoms with van der Waals surface area (Å²) in [7, 11) is 0. The van der Waals surface area contributed by atoms with Crippen molar-refractivity contribution < 1.29 is 4.79 Å². The molecule has 0 heterocycles. The molecular formula is C13H21NO. The molecule has 0 aromatic rings. The number of Topliss-reactive ketones (excluding diaryl/α,β-unsaturated/α-hetero) is 1. The van der Waals surface area contributed by atoms with E-state index in [1.807, 2.05) is 6.92 Å². The average molecular weight is 207 g/mol. The number of carbonyl (C=O) groups excluding carboxylic acids is 1. The highest BCUT2D eigenvalue weighted by atomic mass is 16.1. The lowest BCUT2D eigenvalue weighted by atomic mass is 9.85. The van der Waals surface area contributed by atoms with Crippen molar-refractivity contribution in [2.75, 3.05) is 0 Å². The Morgan fingerprint density at radius 3 is 2.40 bits per heavy atom. The Bertz CT molecular complexity index is 233. The second kappa shape index (κ2) is 6.61. The van der Waals surface area contributed by atoms with Crippen molar-refractivity contribution >= 4 is 5.78 Å². The highest BCUT2D eigenvalue weighted by Gasteiger charge is 2.25. The number of rotatable bonds is 4. The summed E-state index contributed by atoms with van der Waals surface area (Å²) in [5.41, 5.74) is 0. The summed E-state index contributed by atoms with van der Waals surface area (Å²) in [4.78, 5) is 12.1. The van der Waals surface area contributed by atoms with E-state index < -0.39 is 0 Å². The third-order valence-electron chi connectivity index (χ3n) is 3.49. The van der Waals surface area contributed by atoms with Gasteiger partial charge in [0, 0.05) is 18.3 Å². The van der Waals surface area contributed by atoms with Gasteiger partial charge in [0.2, 0.25) is 0 Å². The topological polar surface area (TPSA) is 40.9 Å². The number of ketones is 1. The lowest BCUT2D eigenvalue weighted by Crippen LogP contribution is -2.22. The van der Waals surface area contributed by atoms with Gasteiger partial charge < -0.3 is 0 Å². The summed E-state index contributed by atoms with van der Waals surface area (Å²) >= 11 is 0. The summed E-state index contributed by atoms with van der Waals surface area (Å²) in [5.74, 6) is 0.616. The summed E-state index contributed by atoms with van der Waals surface area (Å²) in [6.45, 7) is 2.01. The van der Waals surface area contributed by atoms with E-state index in [2.05, 4.69) is 6.07 Å². The third-order valence-corrected chi connectivity index (χ3v) is 3.49. The van der Waals surface area contributed by atoms with Gasteiger partial charge >= 0.3 is 0 Å². The monoisotopic (exact) mass is 207 g/mol. The van der Waals surface area contributed by atoms with Crippen molar-refractivity contribution in [2.45, 2.75) is 58.3 Å². The first-order valence-electron chi connectivity index (χ1n) is 6.20. The Kier molecular flexibility index (Phi) is 5.39. The highest BCUT2D eigenvalue weighted by Crippen LogP contribution is 2.27. The highest BCUT2D eigenvalue weighted by molar-refractivity contribution is 5.83. The molecule has 0 N–H and O–H groups in total. The van der Waals surface area contributed by atoms with E-state index >= 15 is 0 Å². The van der Waals surface area contributed by atoms with Gasteiger partial charge in [0.25, 0.3) is 0 Å². The van der Waals surface area contributed by atoms with Crippen LogP contribution in [0.25, 0.3) is 0 Å². The molecule has 1 aliphatic carbocycles. The van der Waals surface area contributed by atoms with Crippen molar-refractivity contribution in [3.8, 4) is 6.07 Å². The van der Waals surface area contributed by atoms with Gasteiger partial charge in [-0.15, -0.1) is 0 Å². The fourth-order valence-electron chi connectivity index (χ4n) is 2.45. The predicted molar refractivity (Wildman–Crippen MR) is 60.2 cm³/mol. The van der Waals surface area contributed by atoms with Crippen LogP contribution in [0.5, 0.6) is 0 Å². The van der Waals surface area contributed by atoms with Crippen LogP contribution in [-0.2, 0) is 4.79 Å². The number of nitrogens with zero attached hydrogens (tertiary/aromatic N) is 1. The number of nitriles is 1. The minimum absolute atomic E-state index is 0.00176. The molecule has 0 saturated heterocycles. The summed E-state index contributed by atoms with van der Waals surface area (Å²) < 4.78 is 0. The van der Waals surface area contributed by atoms with E-state index in [4.69, 9.17) is 5.26 Å². The Hall–Kier alpha value is -0.840. The molecule has 84 valence electrons. The predicted octanol–water partition coefficient (Wildman–Crippen LogP) is 3.47. The molecule has 0 aliphatic heterocycles. The first-order chi connectivity index (χ1) is 7.29. The van der Waals surface area contributed by atoms with Crippen LogP contribution >= 0.6 is 0 Å². The number of hydrogen-bond acceptors (Lipinski definition) is 2. The summed E-state index contributed by atoms with van der Waals surface area (Å²) in [5, 5.41) is 8.67. The smallest absolute Gasteiger partial charge is 0.140 e. The van der Waals surface area contributed by atoms with Crippen LogP contribution in [0.15, 0.2) is 0 Å². The van der Waals surface area contributed by atoms with Crippen molar-refractivity contribution in [3.63, 3.8) is 0 Å². The number of carbonyl (C=O) groups is 1. The van der Waals surface area contributed by atoms with Crippen molar-refractivity contribution in [2.24, 2.45) is 11.8 Å². The van der Waals surface area contributed by atoms with E-state index in [9.17, 15) is 4.79 Å². The molecule has 0 aromatic heterocycles. The fraction of sp³-hybridized carbons (Fsp3) is 0.846. The Morgan fingerprint density at radius 1 is 1.33 bits per heavy atom. The molecular weight excluding hydrogens is 186 g/mol. The quantitative estimate of drug-likeness (QED) is 0.662. The molecule has 0 bridgehead atoms. The fourth-order valence-corrected chi connectivity index (χ4v) is 2.45. The van der Waals surface area contributed by atoms with Gasteiger partial charge in [-0.25, -0.2) is 0 Å². The van der Waals surface area contributed by atoms with E-state index in [1.54, 1.807) is 0 Å². The zero-order valence-corrected chi connectivity index (χ0v) is 9.67. The second-order valence-electron chi connectivity index (χ2n) is 4.56. The minimum atomic E-state index is -0.00176. The molecule has 1 saturated carbocycles. The van der Waals surface area contributed by atoms with Gasteiger partial charge in [0.05, 0.1) is 6.07 Å². The lowest BCUT2D eigenvalue weighted by molar-refractivity contribution is -0.127. The van der Waals surface area contributed by atoms with Gasteiger partial charge in [0.1, 0.15) is 5.78 Å². The molecule has 0 aromatic carbocycles. The van der Waals surface area contributed by atoms with Crippen molar-refractivity contribution in [1.82, 2.24) is 0 Å². The molecule has 15 heavy (non-hydrogen) atoms. The van der Waals surface area contributed by atoms with Crippen LogP contribution in [0.2, 0.25) is 0 Å².